The molecule has 0 spiro atoms. The lowest BCUT2D eigenvalue weighted by atomic mass is 9.92. The molecule has 110 valence electrons. The first kappa shape index (κ1) is 13.4. The Balaban J connectivity index is 1.88. The minimum absolute atomic E-state index is 0.152. The molecule has 7 heteroatoms. The maximum absolute atomic E-state index is 5.91. The summed E-state index contributed by atoms with van der Waals surface area (Å²) in [5.41, 5.74) is 7.37. The molecule has 3 aromatic heterocycles. The molecule has 3 aromatic rings. The Labute approximate surface area is 121 Å². The summed E-state index contributed by atoms with van der Waals surface area (Å²) < 4.78 is 12.3. The van der Waals surface area contributed by atoms with Crippen LogP contribution in [-0.2, 0) is 12.0 Å². The maximum Gasteiger partial charge on any atom is 0.202 e. The van der Waals surface area contributed by atoms with Crippen LogP contribution in [0.15, 0.2) is 33.4 Å². The van der Waals surface area contributed by atoms with Crippen LogP contribution in [0.2, 0.25) is 0 Å². The average Bonchev–Trinajstić information content (AvgIpc) is 3.09. The summed E-state index contributed by atoms with van der Waals surface area (Å²) in [6.45, 7) is 6.64. The first-order valence-corrected chi connectivity index (χ1v) is 6.64. The lowest BCUT2D eigenvalue weighted by Gasteiger charge is -2.19. The van der Waals surface area contributed by atoms with Gasteiger partial charge in [0.2, 0.25) is 5.76 Å². The van der Waals surface area contributed by atoms with Gasteiger partial charge in [0.05, 0.1) is 18.5 Å². The maximum atomic E-state index is 5.91. The molecule has 0 saturated heterocycles. The number of hydrogen-bond acceptors (Lipinski definition) is 6. The summed E-state index contributed by atoms with van der Waals surface area (Å²) in [7, 11) is 0. The summed E-state index contributed by atoms with van der Waals surface area (Å²) >= 11 is 0. The normalized spacial score (nSPS) is 12.0. The van der Waals surface area contributed by atoms with Crippen molar-refractivity contribution >= 4 is 5.82 Å². The van der Waals surface area contributed by atoms with E-state index in [9.17, 15) is 0 Å². The van der Waals surface area contributed by atoms with E-state index in [2.05, 4.69) is 36.2 Å². The van der Waals surface area contributed by atoms with Crippen LogP contribution in [0.4, 0.5) is 5.82 Å². The van der Waals surface area contributed by atoms with E-state index >= 15 is 0 Å². The molecule has 0 aliphatic heterocycles. The lowest BCUT2D eigenvalue weighted by molar-refractivity contribution is 0.404. The highest BCUT2D eigenvalue weighted by Gasteiger charge is 2.24. The van der Waals surface area contributed by atoms with Crippen molar-refractivity contribution in [3.05, 3.63) is 35.9 Å². The second kappa shape index (κ2) is 4.76. The fourth-order valence-corrected chi connectivity index (χ4v) is 2.28. The average molecular weight is 287 g/mol. The van der Waals surface area contributed by atoms with Crippen LogP contribution in [0.1, 0.15) is 32.2 Å². The van der Waals surface area contributed by atoms with Gasteiger partial charge in [-0.2, -0.15) is 0 Å². The molecule has 2 N–H and O–H groups in total. The number of anilines is 1. The van der Waals surface area contributed by atoms with Gasteiger partial charge in [-0.1, -0.05) is 31.1 Å². The van der Waals surface area contributed by atoms with Crippen LogP contribution < -0.4 is 5.73 Å². The molecule has 0 atom stereocenters. The largest absolute Gasteiger partial charge is 0.461 e. The summed E-state index contributed by atoms with van der Waals surface area (Å²) in [5.74, 6) is 1.67. The third-order valence-corrected chi connectivity index (χ3v) is 3.11. The Bertz CT molecular complexity index is 734. The predicted octanol–water partition coefficient (Wildman–Crippen LogP) is 2.45. The molecule has 0 amide bonds. The van der Waals surface area contributed by atoms with E-state index in [0.717, 1.165) is 11.4 Å². The second-order valence-corrected chi connectivity index (χ2v) is 5.89. The summed E-state index contributed by atoms with van der Waals surface area (Å²) in [4.78, 5) is 0. The third kappa shape index (κ3) is 2.54. The van der Waals surface area contributed by atoms with Crippen LogP contribution >= 0.6 is 0 Å². The summed E-state index contributed by atoms with van der Waals surface area (Å²) in [6.07, 6.45) is 1.59. The van der Waals surface area contributed by atoms with Crippen molar-refractivity contribution < 1.29 is 8.94 Å². The molecular formula is C14H17N5O2. The number of nitrogens with zero attached hydrogens (tertiary/aromatic N) is 4. The molecule has 0 fully saturated rings. The highest BCUT2D eigenvalue weighted by molar-refractivity contribution is 5.49. The van der Waals surface area contributed by atoms with E-state index in [4.69, 9.17) is 14.7 Å². The zero-order chi connectivity index (χ0) is 15.0. The molecule has 0 aliphatic carbocycles. The zero-order valence-corrected chi connectivity index (χ0v) is 12.2. The molecule has 0 unspecified atom stereocenters. The van der Waals surface area contributed by atoms with Crippen molar-refractivity contribution in [2.24, 2.45) is 0 Å². The number of hydrogen-bond donors (Lipinski definition) is 1. The number of nitrogens with two attached hydrogens (primary N) is 1. The van der Waals surface area contributed by atoms with Crippen molar-refractivity contribution in [1.29, 1.82) is 0 Å². The summed E-state index contributed by atoms with van der Waals surface area (Å²) in [6, 6.07) is 5.44. The van der Waals surface area contributed by atoms with Crippen LogP contribution in [0, 0.1) is 0 Å². The minimum Gasteiger partial charge on any atom is -0.461 e. The van der Waals surface area contributed by atoms with Gasteiger partial charge < -0.3 is 14.7 Å². The van der Waals surface area contributed by atoms with Gasteiger partial charge in [0.1, 0.15) is 5.69 Å². The first-order valence-electron chi connectivity index (χ1n) is 6.64. The van der Waals surface area contributed by atoms with Gasteiger partial charge in [-0.3, -0.25) is 0 Å². The smallest absolute Gasteiger partial charge is 0.202 e. The first-order chi connectivity index (χ1) is 9.95. The van der Waals surface area contributed by atoms with E-state index in [0.29, 0.717) is 23.9 Å². The van der Waals surface area contributed by atoms with Crippen LogP contribution in [-0.4, -0.2) is 20.2 Å². The lowest BCUT2D eigenvalue weighted by Crippen LogP contribution is -2.20. The van der Waals surface area contributed by atoms with Crippen LogP contribution in [0.5, 0.6) is 0 Å². The van der Waals surface area contributed by atoms with E-state index in [1.54, 1.807) is 17.0 Å². The Morgan fingerprint density at radius 3 is 2.76 bits per heavy atom. The number of nitrogen functional groups attached to an aromatic ring is 1. The number of furan rings is 1. The fourth-order valence-electron chi connectivity index (χ4n) is 2.28. The monoisotopic (exact) mass is 287 g/mol. The molecule has 7 nitrogen and oxygen atoms in total. The van der Waals surface area contributed by atoms with Crippen molar-refractivity contribution in [3.63, 3.8) is 0 Å². The SMILES string of the molecule is CC(C)(C)c1c(N)nnn1Cc1cc(-c2ccco2)on1. The molecule has 0 saturated carbocycles. The van der Waals surface area contributed by atoms with E-state index in [-0.39, 0.29) is 5.41 Å². The van der Waals surface area contributed by atoms with Gasteiger partial charge in [0, 0.05) is 11.5 Å². The molecule has 0 bridgehead atoms. The number of aromatic nitrogens is 4. The van der Waals surface area contributed by atoms with Crippen molar-refractivity contribution in [1.82, 2.24) is 20.2 Å². The quantitative estimate of drug-likeness (QED) is 0.794. The van der Waals surface area contributed by atoms with Gasteiger partial charge in [-0.15, -0.1) is 5.10 Å². The van der Waals surface area contributed by atoms with E-state index in [1.807, 2.05) is 12.1 Å². The van der Waals surface area contributed by atoms with Gasteiger partial charge >= 0.3 is 0 Å². The third-order valence-electron chi connectivity index (χ3n) is 3.11. The Morgan fingerprint density at radius 1 is 1.29 bits per heavy atom. The van der Waals surface area contributed by atoms with E-state index in [1.165, 1.54) is 0 Å². The topological polar surface area (TPSA) is 95.9 Å². The second-order valence-electron chi connectivity index (χ2n) is 5.89. The molecule has 3 rings (SSSR count). The fraction of sp³-hybridized carbons (Fsp3) is 0.357. The molecule has 0 radical (unpaired) electrons. The van der Waals surface area contributed by atoms with Crippen molar-refractivity contribution in [2.75, 3.05) is 5.73 Å². The zero-order valence-electron chi connectivity index (χ0n) is 12.2. The highest BCUT2D eigenvalue weighted by Crippen LogP contribution is 2.27. The van der Waals surface area contributed by atoms with Crippen molar-refractivity contribution in [2.45, 2.75) is 32.7 Å². The van der Waals surface area contributed by atoms with Crippen LogP contribution in [0.25, 0.3) is 11.5 Å². The molecular weight excluding hydrogens is 270 g/mol. The standard InChI is InChI=1S/C14H17N5O2/c1-14(2,3)12-13(15)16-18-19(12)8-9-7-11(21-17-9)10-5-4-6-20-10/h4-7H,8,15H2,1-3H3. The van der Waals surface area contributed by atoms with Gasteiger partial charge in [0.25, 0.3) is 0 Å². The minimum atomic E-state index is -0.152. The predicted molar refractivity (Wildman–Crippen MR) is 76.4 cm³/mol. The Hall–Kier alpha value is -2.57. The van der Waals surface area contributed by atoms with Gasteiger partial charge in [0.15, 0.2) is 11.6 Å². The number of rotatable bonds is 3. The van der Waals surface area contributed by atoms with Gasteiger partial charge in [-0.25, -0.2) is 4.68 Å². The Morgan fingerprint density at radius 2 is 2.10 bits per heavy atom. The summed E-state index contributed by atoms with van der Waals surface area (Å²) in [5, 5.41) is 12.1. The Kier molecular flexibility index (Phi) is 3.04. The van der Waals surface area contributed by atoms with Crippen molar-refractivity contribution in [3.8, 4) is 11.5 Å². The van der Waals surface area contributed by atoms with Gasteiger partial charge in [-0.05, 0) is 12.1 Å². The van der Waals surface area contributed by atoms with E-state index < -0.39 is 0 Å². The highest BCUT2D eigenvalue weighted by atomic mass is 16.5. The molecule has 21 heavy (non-hydrogen) atoms. The molecule has 0 aliphatic rings. The van der Waals surface area contributed by atoms with Crippen LogP contribution in [0.3, 0.4) is 0 Å². The molecule has 0 aromatic carbocycles. The molecule has 3 heterocycles.